The molecule has 0 aliphatic heterocycles. The Kier molecular flexibility index (Phi) is 7.17. The molecule has 0 unspecified atom stereocenters. The summed E-state index contributed by atoms with van der Waals surface area (Å²) in [5, 5.41) is 6.68. The number of para-hydroxylation sites is 2. The van der Waals surface area contributed by atoms with Gasteiger partial charge in [-0.25, -0.2) is 0 Å². The summed E-state index contributed by atoms with van der Waals surface area (Å²) in [5.41, 5.74) is 13.4. The summed E-state index contributed by atoms with van der Waals surface area (Å²) in [6.07, 6.45) is 0. The molecule has 11 aromatic rings. The predicted molar refractivity (Wildman–Crippen MR) is 229 cm³/mol. The van der Waals surface area contributed by atoms with E-state index in [0.717, 1.165) is 83.2 Å². The van der Waals surface area contributed by atoms with Gasteiger partial charge in [-0.05, 0) is 81.6 Å². The normalized spacial score (nSPS) is 11.6. The topological polar surface area (TPSA) is 29.5 Å². The van der Waals surface area contributed by atoms with E-state index in [-0.39, 0.29) is 0 Å². The average Bonchev–Trinajstić information content (AvgIpc) is 3.82. The van der Waals surface area contributed by atoms with Crippen LogP contribution in [0.2, 0.25) is 0 Å². The SMILES string of the molecule is c1ccc(-c2ccc(N(c3ccc(-c4cccc5c4oc4c(-c6ccccc6)c6c(cc45)oc4ccccc46)cc3)c3ccc4ccccc4c3)cc2)cc1. The Balaban J connectivity index is 1.05. The van der Waals surface area contributed by atoms with Crippen molar-refractivity contribution in [2.45, 2.75) is 0 Å². The van der Waals surface area contributed by atoms with Crippen LogP contribution in [0.5, 0.6) is 0 Å². The Hall–Kier alpha value is -7.36. The van der Waals surface area contributed by atoms with Gasteiger partial charge in [0, 0.05) is 49.7 Å². The molecule has 0 bridgehead atoms. The van der Waals surface area contributed by atoms with Gasteiger partial charge in [0.2, 0.25) is 0 Å². The summed E-state index contributed by atoms with van der Waals surface area (Å²) in [6.45, 7) is 0. The minimum atomic E-state index is 0.857. The van der Waals surface area contributed by atoms with Crippen LogP contribution in [0.1, 0.15) is 0 Å². The Morgan fingerprint density at radius 3 is 1.69 bits per heavy atom. The molecule has 9 aromatic carbocycles. The van der Waals surface area contributed by atoms with Crippen molar-refractivity contribution in [1.82, 2.24) is 0 Å². The van der Waals surface area contributed by atoms with Crippen LogP contribution in [-0.2, 0) is 0 Å². The molecule has 0 saturated carbocycles. The van der Waals surface area contributed by atoms with Gasteiger partial charge in [-0.2, -0.15) is 0 Å². The molecule has 0 N–H and O–H groups in total. The maximum atomic E-state index is 7.00. The molecule has 2 heterocycles. The molecule has 0 saturated heterocycles. The van der Waals surface area contributed by atoms with Crippen LogP contribution in [0.15, 0.2) is 209 Å². The minimum absolute atomic E-state index is 0.857. The van der Waals surface area contributed by atoms with Gasteiger partial charge in [-0.3, -0.25) is 0 Å². The zero-order chi connectivity index (χ0) is 36.3. The number of furan rings is 2. The van der Waals surface area contributed by atoms with E-state index in [1.165, 1.54) is 21.9 Å². The molecule has 258 valence electrons. The Morgan fingerprint density at radius 2 is 0.927 bits per heavy atom. The first-order valence-corrected chi connectivity index (χ1v) is 18.7. The molecule has 0 fully saturated rings. The van der Waals surface area contributed by atoms with Crippen molar-refractivity contribution < 1.29 is 8.83 Å². The standard InChI is InChI=1S/C52H33NO2/c1-3-12-34(13-4-1)36-22-27-40(28-23-36)53(42-31-24-35-14-7-8-17-39(35)32-42)41-29-25-37(26-30-41)43-19-11-20-44-46-33-48-50(45-18-9-10-21-47(45)54-48)49(52(46)55-51(43)44)38-15-5-2-6-16-38/h1-33H. The first-order valence-electron chi connectivity index (χ1n) is 18.7. The number of nitrogens with zero attached hydrogens (tertiary/aromatic N) is 1. The van der Waals surface area contributed by atoms with Gasteiger partial charge in [0.05, 0.1) is 0 Å². The van der Waals surface area contributed by atoms with E-state index in [2.05, 4.69) is 193 Å². The number of fused-ring (bicyclic) bond motifs is 7. The monoisotopic (exact) mass is 703 g/mol. The lowest BCUT2D eigenvalue weighted by molar-refractivity contribution is 0.665. The lowest BCUT2D eigenvalue weighted by Gasteiger charge is -2.26. The van der Waals surface area contributed by atoms with Crippen molar-refractivity contribution >= 4 is 71.7 Å². The number of rotatable bonds is 6. The molecule has 0 spiro atoms. The lowest BCUT2D eigenvalue weighted by atomic mass is 9.96. The summed E-state index contributed by atoms with van der Waals surface area (Å²) < 4.78 is 13.5. The van der Waals surface area contributed by atoms with Gasteiger partial charge in [-0.1, -0.05) is 152 Å². The van der Waals surface area contributed by atoms with E-state index in [1.54, 1.807) is 0 Å². The third-order valence-corrected chi connectivity index (χ3v) is 10.9. The van der Waals surface area contributed by atoms with Crippen LogP contribution in [0, 0.1) is 0 Å². The van der Waals surface area contributed by atoms with Gasteiger partial charge >= 0.3 is 0 Å². The molecular weight excluding hydrogens is 671 g/mol. The van der Waals surface area contributed by atoms with Crippen LogP contribution in [0.3, 0.4) is 0 Å². The van der Waals surface area contributed by atoms with Crippen molar-refractivity contribution in [2.24, 2.45) is 0 Å². The number of anilines is 3. The molecule has 0 amide bonds. The van der Waals surface area contributed by atoms with Gasteiger partial charge in [0.1, 0.15) is 22.3 Å². The summed E-state index contributed by atoms with van der Waals surface area (Å²) >= 11 is 0. The number of hydrogen-bond acceptors (Lipinski definition) is 3. The molecule has 0 aliphatic carbocycles. The maximum absolute atomic E-state index is 7.00. The first kappa shape index (κ1) is 31.2. The Labute approximate surface area is 317 Å². The van der Waals surface area contributed by atoms with Crippen molar-refractivity contribution in [2.75, 3.05) is 4.90 Å². The van der Waals surface area contributed by atoms with Crippen LogP contribution < -0.4 is 4.90 Å². The van der Waals surface area contributed by atoms with Crippen molar-refractivity contribution in [3.05, 3.63) is 200 Å². The Bertz CT molecular complexity index is 3180. The molecule has 0 aliphatic rings. The van der Waals surface area contributed by atoms with Gasteiger partial charge in [-0.15, -0.1) is 0 Å². The second-order valence-electron chi connectivity index (χ2n) is 14.1. The fourth-order valence-corrected chi connectivity index (χ4v) is 8.23. The Morgan fingerprint density at radius 1 is 0.327 bits per heavy atom. The molecule has 0 atom stereocenters. The minimum Gasteiger partial charge on any atom is -0.456 e. The van der Waals surface area contributed by atoms with Gasteiger partial charge in [0.25, 0.3) is 0 Å². The maximum Gasteiger partial charge on any atom is 0.144 e. The summed E-state index contributed by atoms with van der Waals surface area (Å²) in [6, 6.07) is 70.8. The highest BCUT2D eigenvalue weighted by Crippen LogP contribution is 2.47. The largest absolute Gasteiger partial charge is 0.456 e. The smallest absolute Gasteiger partial charge is 0.144 e. The van der Waals surface area contributed by atoms with E-state index in [1.807, 2.05) is 12.1 Å². The molecule has 2 aromatic heterocycles. The van der Waals surface area contributed by atoms with E-state index in [9.17, 15) is 0 Å². The highest BCUT2D eigenvalue weighted by molar-refractivity contribution is 6.24. The second kappa shape index (κ2) is 12.6. The zero-order valence-electron chi connectivity index (χ0n) is 29.8. The number of hydrogen-bond donors (Lipinski definition) is 0. The second-order valence-corrected chi connectivity index (χ2v) is 14.1. The van der Waals surface area contributed by atoms with E-state index >= 15 is 0 Å². The molecule has 3 heteroatoms. The summed E-state index contributed by atoms with van der Waals surface area (Å²) in [7, 11) is 0. The van der Waals surface area contributed by atoms with E-state index in [4.69, 9.17) is 8.83 Å². The third kappa shape index (κ3) is 5.20. The van der Waals surface area contributed by atoms with Crippen LogP contribution in [0.4, 0.5) is 17.1 Å². The van der Waals surface area contributed by atoms with Gasteiger partial charge < -0.3 is 13.7 Å². The van der Waals surface area contributed by atoms with Crippen molar-refractivity contribution in [3.63, 3.8) is 0 Å². The van der Waals surface area contributed by atoms with E-state index in [0.29, 0.717) is 0 Å². The molecule has 0 radical (unpaired) electrons. The molecule has 3 nitrogen and oxygen atoms in total. The predicted octanol–water partition coefficient (Wildman–Crippen LogP) is 15.1. The lowest BCUT2D eigenvalue weighted by Crippen LogP contribution is -2.09. The first-order chi connectivity index (χ1) is 27.3. The molecular formula is C52H33NO2. The highest BCUT2D eigenvalue weighted by atomic mass is 16.3. The molecule has 55 heavy (non-hydrogen) atoms. The van der Waals surface area contributed by atoms with Crippen LogP contribution >= 0.6 is 0 Å². The number of benzene rings is 9. The summed E-state index contributed by atoms with van der Waals surface area (Å²) in [5.74, 6) is 0. The van der Waals surface area contributed by atoms with Crippen LogP contribution in [-0.4, -0.2) is 0 Å². The van der Waals surface area contributed by atoms with Crippen molar-refractivity contribution in [1.29, 1.82) is 0 Å². The van der Waals surface area contributed by atoms with Crippen molar-refractivity contribution in [3.8, 4) is 33.4 Å². The fraction of sp³-hybridized carbons (Fsp3) is 0. The molecule has 11 rings (SSSR count). The highest BCUT2D eigenvalue weighted by Gasteiger charge is 2.22. The zero-order valence-corrected chi connectivity index (χ0v) is 29.8. The quantitative estimate of drug-likeness (QED) is 0.173. The summed E-state index contributed by atoms with van der Waals surface area (Å²) in [4.78, 5) is 2.33. The van der Waals surface area contributed by atoms with Gasteiger partial charge in [0.15, 0.2) is 0 Å². The fourth-order valence-electron chi connectivity index (χ4n) is 8.23. The van der Waals surface area contributed by atoms with E-state index < -0.39 is 0 Å². The third-order valence-electron chi connectivity index (χ3n) is 10.9. The average molecular weight is 704 g/mol. The van der Waals surface area contributed by atoms with Crippen LogP contribution in [0.25, 0.3) is 88.0 Å².